The Morgan fingerprint density at radius 1 is 1.36 bits per heavy atom. The quantitative estimate of drug-likeness (QED) is 0.879. The highest BCUT2D eigenvalue weighted by Crippen LogP contribution is 2.23. The van der Waals surface area contributed by atoms with Crippen LogP contribution in [0.25, 0.3) is 0 Å². The molecule has 2 amide bonds. The van der Waals surface area contributed by atoms with Gasteiger partial charge in [0.2, 0.25) is 0 Å². The molecule has 0 bridgehead atoms. The molecule has 1 aromatic carbocycles. The van der Waals surface area contributed by atoms with Crippen LogP contribution in [0.1, 0.15) is 38.2 Å². The number of carbonyl (C=O) groups is 1. The van der Waals surface area contributed by atoms with E-state index >= 15 is 0 Å². The van der Waals surface area contributed by atoms with Gasteiger partial charge in [0.1, 0.15) is 0 Å². The van der Waals surface area contributed by atoms with Crippen molar-refractivity contribution < 1.29 is 9.90 Å². The van der Waals surface area contributed by atoms with Crippen LogP contribution in [0.5, 0.6) is 0 Å². The molecule has 1 saturated heterocycles. The fourth-order valence-electron chi connectivity index (χ4n) is 3.15. The van der Waals surface area contributed by atoms with E-state index in [-0.39, 0.29) is 18.6 Å². The average molecular weight is 304 g/mol. The highest BCUT2D eigenvalue weighted by Gasteiger charge is 2.24. The number of amides is 2. The van der Waals surface area contributed by atoms with Crippen molar-refractivity contribution in [1.29, 1.82) is 0 Å². The van der Waals surface area contributed by atoms with E-state index in [1.54, 1.807) is 0 Å². The number of nitrogens with one attached hydrogen (secondary N) is 1. The van der Waals surface area contributed by atoms with Crippen molar-refractivity contribution in [2.75, 3.05) is 26.2 Å². The Bertz CT molecular complexity index is 461. The average Bonchev–Trinajstić information content (AvgIpc) is 2.55. The molecule has 4 nitrogen and oxygen atoms in total. The van der Waals surface area contributed by atoms with Crippen molar-refractivity contribution in [2.24, 2.45) is 11.8 Å². The van der Waals surface area contributed by atoms with Crippen molar-refractivity contribution in [3.8, 4) is 0 Å². The van der Waals surface area contributed by atoms with Crippen LogP contribution >= 0.6 is 0 Å². The largest absolute Gasteiger partial charge is 0.396 e. The van der Waals surface area contributed by atoms with Gasteiger partial charge in [-0.2, -0.15) is 0 Å². The third kappa shape index (κ3) is 4.47. The minimum atomic E-state index is -0.000249. The molecular formula is C18H28N2O2. The minimum Gasteiger partial charge on any atom is -0.396 e. The molecule has 0 aliphatic carbocycles. The Balaban J connectivity index is 1.91. The summed E-state index contributed by atoms with van der Waals surface area (Å²) in [6.07, 6.45) is 1.99. The van der Waals surface area contributed by atoms with Gasteiger partial charge in [0, 0.05) is 32.2 Å². The summed E-state index contributed by atoms with van der Waals surface area (Å²) in [7, 11) is 0. The number of piperidine rings is 1. The number of benzene rings is 1. The Kier molecular flexibility index (Phi) is 6.25. The van der Waals surface area contributed by atoms with Crippen LogP contribution in [0.15, 0.2) is 30.3 Å². The molecule has 1 aliphatic rings. The molecule has 122 valence electrons. The molecule has 2 N–H and O–H groups in total. The van der Waals surface area contributed by atoms with Crippen LogP contribution in [0.2, 0.25) is 0 Å². The summed E-state index contributed by atoms with van der Waals surface area (Å²) in [6.45, 7) is 6.66. The Hall–Kier alpha value is -1.55. The van der Waals surface area contributed by atoms with Gasteiger partial charge in [0.05, 0.1) is 0 Å². The topological polar surface area (TPSA) is 52.6 Å². The SMILES string of the molecule is CC(C)C(CNC(=O)N1CCCC(CO)C1)c1ccccc1. The summed E-state index contributed by atoms with van der Waals surface area (Å²) in [5, 5.41) is 12.4. The number of aliphatic hydroxyl groups is 1. The van der Waals surface area contributed by atoms with Gasteiger partial charge < -0.3 is 15.3 Å². The highest BCUT2D eigenvalue weighted by molar-refractivity contribution is 5.74. The normalized spacial score (nSPS) is 20.0. The molecule has 0 saturated carbocycles. The second-order valence-corrected chi connectivity index (χ2v) is 6.58. The van der Waals surface area contributed by atoms with E-state index in [4.69, 9.17) is 0 Å². The maximum absolute atomic E-state index is 12.4. The standard InChI is InChI=1S/C18H28N2O2/c1-14(2)17(16-8-4-3-5-9-16)11-19-18(22)20-10-6-7-15(12-20)13-21/h3-5,8-9,14-15,17,21H,6-7,10-13H2,1-2H3,(H,19,22). The molecule has 1 heterocycles. The summed E-state index contributed by atoms with van der Waals surface area (Å²) in [4.78, 5) is 14.2. The van der Waals surface area contributed by atoms with Gasteiger partial charge in [-0.05, 0) is 30.2 Å². The summed E-state index contributed by atoms with van der Waals surface area (Å²) < 4.78 is 0. The summed E-state index contributed by atoms with van der Waals surface area (Å²) in [5.74, 6) is 1.02. The Labute approximate surface area is 133 Å². The smallest absolute Gasteiger partial charge is 0.317 e. The fourth-order valence-corrected chi connectivity index (χ4v) is 3.15. The predicted molar refractivity (Wildman–Crippen MR) is 88.8 cm³/mol. The van der Waals surface area contributed by atoms with Gasteiger partial charge >= 0.3 is 6.03 Å². The second kappa shape index (κ2) is 8.18. The van der Waals surface area contributed by atoms with Crippen LogP contribution in [0.3, 0.4) is 0 Å². The lowest BCUT2D eigenvalue weighted by atomic mass is 9.88. The fraction of sp³-hybridized carbons (Fsp3) is 0.611. The monoisotopic (exact) mass is 304 g/mol. The molecule has 2 atom stereocenters. The van der Waals surface area contributed by atoms with Gasteiger partial charge in [-0.15, -0.1) is 0 Å². The zero-order chi connectivity index (χ0) is 15.9. The number of aliphatic hydroxyl groups excluding tert-OH is 1. The first kappa shape index (κ1) is 16.8. The van der Waals surface area contributed by atoms with Crippen LogP contribution in [-0.4, -0.2) is 42.3 Å². The van der Waals surface area contributed by atoms with Gasteiger partial charge in [-0.3, -0.25) is 0 Å². The maximum atomic E-state index is 12.4. The number of urea groups is 1. The third-order valence-electron chi connectivity index (χ3n) is 4.57. The van der Waals surface area contributed by atoms with Crippen molar-refractivity contribution in [3.05, 3.63) is 35.9 Å². The maximum Gasteiger partial charge on any atom is 0.317 e. The molecule has 0 spiro atoms. The van der Waals surface area contributed by atoms with Crippen LogP contribution in [0.4, 0.5) is 4.79 Å². The second-order valence-electron chi connectivity index (χ2n) is 6.58. The lowest BCUT2D eigenvalue weighted by molar-refractivity contribution is 0.129. The van der Waals surface area contributed by atoms with Gasteiger partial charge in [0.25, 0.3) is 0 Å². The van der Waals surface area contributed by atoms with Crippen LogP contribution in [-0.2, 0) is 0 Å². The zero-order valence-corrected chi connectivity index (χ0v) is 13.7. The molecule has 22 heavy (non-hydrogen) atoms. The summed E-state index contributed by atoms with van der Waals surface area (Å²) >= 11 is 0. The van der Waals surface area contributed by atoms with Crippen LogP contribution in [0, 0.1) is 11.8 Å². The Morgan fingerprint density at radius 3 is 2.73 bits per heavy atom. The molecule has 4 heteroatoms. The van der Waals surface area contributed by atoms with E-state index in [0.717, 1.165) is 19.4 Å². The number of hydrogen-bond acceptors (Lipinski definition) is 2. The van der Waals surface area contributed by atoms with E-state index in [2.05, 4.69) is 31.3 Å². The van der Waals surface area contributed by atoms with Gasteiger partial charge in [-0.1, -0.05) is 44.2 Å². The Morgan fingerprint density at radius 2 is 2.09 bits per heavy atom. The molecule has 1 aromatic rings. The number of nitrogens with zero attached hydrogens (tertiary/aromatic N) is 1. The first-order valence-electron chi connectivity index (χ1n) is 8.30. The zero-order valence-electron chi connectivity index (χ0n) is 13.7. The van der Waals surface area contributed by atoms with Crippen LogP contribution < -0.4 is 5.32 Å². The molecule has 1 aliphatic heterocycles. The number of rotatable bonds is 5. The summed E-state index contributed by atoms with van der Waals surface area (Å²) in [5.41, 5.74) is 1.27. The molecule has 0 radical (unpaired) electrons. The third-order valence-corrected chi connectivity index (χ3v) is 4.57. The molecule has 2 rings (SSSR count). The van der Waals surface area contributed by atoms with Crippen molar-refractivity contribution >= 4 is 6.03 Å². The van der Waals surface area contributed by atoms with Gasteiger partial charge in [0.15, 0.2) is 0 Å². The lowest BCUT2D eigenvalue weighted by Gasteiger charge is -2.32. The molecule has 1 fully saturated rings. The van der Waals surface area contributed by atoms with Gasteiger partial charge in [-0.25, -0.2) is 4.79 Å². The molecule has 2 unspecified atom stereocenters. The lowest BCUT2D eigenvalue weighted by Crippen LogP contribution is -2.47. The molecule has 0 aromatic heterocycles. The molecular weight excluding hydrogens is 276 g/mol. The highest BCUT2D eigenvalue weighted by atomic mass is 16.3. The van der Waals surface area contributed by atoms with E-state index in [1.165, 1.54) is 5.56 Å². The first-order chi connectivity index (χ1) is 10.6. The van der Waals surface area contributed by atoms with E-state index < -0.39 is 0 Å². The number of hydrogen-bond donors (Lipinski definition) is 2. The first-order valence-corrected chi connectivity index (χ1v) is 8.30. The number of likely N-dealkylation sites (tertiary alicyclic amines) is 1. The number of carbonyl (C=O) groups excluding carboxylic acids is 1. The van der Waals surface area contributed by atoms with E-state index in [0.29, 0.717) is 24.9 Å². The van der Waals surface area contributed by atoms with E-state index in [9.17, 15) is 9.90 Å². The minimum absolute atomic E-state index is 0.000249. The summed E-state index contributed by atoms with van der Waals surface area (Å²) in [6, 6.07) is 10.4. The van der Waals surface area contributed by atoms with Crippen molar-refractivity contribution in [3.63, 3.8) is 0 Å². The predicted octanol–water partition coefficient (Wildman–Crippen LogP) is 2.84. The van der Waals surface area contributed by atoms with Crippen molar-refractivity contribution in [1.82, 2.24) is 10.2 Å². The van der Waals surface area contributed by atoms with E-state index in [1.807, 2.05) is 23.1 Å². The van der Waals surface area contributed by atoms with Crippen molar-refractivity contribution in [2.45, 2.75) is 32.6 Å².